The second-order valence-electron chi connectivity index (χ2n) is 5.06. The van der Waals surface area contributed by atoms with E-state index in [0.29, 0.717) is 22.3 Å². The molecule has 5 heteroatoms. The van der Waals surface area contributed by atoms with Crippen LogP contribution in [-0.4, -0.2) is 12.3 Å². The Labute approximate surface area is 140 Å². The van der Waals surface area contributed by atoms with Crippen molar-refractivity contribution in [2.75, 3.05) is 0 Å². The lowest BCUT2D eigenvalue weighted by Gasteiger charge is -2.13. The number of rotatable bonds is 6. The molecule has 3 nitrogen and oxygen atoms in total. The SMILES string of the molecule is CC(C)Oc1c(Cl)cc(C=NNCc2ccccc2)cc1Cl. The molecule has 0 saturated heterocycles. The minimum Gasteiger partial charge on any atom is -0.488 e. The van der Waals surface area contributed by atoms with E-state index in [-0.39, 0.29) is 6.10 Å². The van der Waals surface area contributed by atoms with Gasteiger partial charge in [0.05, 0.1) is 28.9 Å². The van der Waals surface area contributed by atoms with Crippen LogP contribution in [0.2, 0.25) is 10.0 Å². The molecule has 0 fully saturated rings. The molecule has 0 saturated carbocycles. The zero-order valence-corrected chi connectivity index (χ0v) is 14.0. The Kier molecular flexibility index (Phi) is 6.10. The van der Waals surface area contributed by atoms with E-state index < -0.39 is 0 Å². The molecule has 1 N–H and O–H groups in total. The van der Waals surface area contributed by atoms with Crippen molar-refractivity contribution in [1.29, 1.82) is 0 Å². The molecule has 2 rings (SSSR count). The van der Waals surface area contributed by atoms with E-state index in [1.54, 1.807) is 18.3 Å². The smallest absolute Gasteiger partial charge is 0.156 e. The first-order valence-corrected chi connectivity index (χ1v) is 7.77. The fraction of sp³-hybridized carbons (Fsp3) is 0.235. The van der Waals surface area contributed by atoms with Gasteiger partial charge in [-0.2, -0.15) is 5.10 Å². The Bertz CT molecular complexity index is 619. The van der Waals surface area contributed by atoms with E-state index >= 15 is 0 Å². The van der Waals surface area contributed by atoms with Gasteiger partial charge in [-0.05, 0) is 37.1 Å². The van der Waals surface area contributed by atoms with Gasteiger partial charge >= 0.3 is 0 Å². The van der Waals surface area contributed by atoms with Crippen LogP contribution in [0.1, 0.15) is 25.0 Å². The van der Waals surface area contributed by atoms with Gasteiger partial charge < -0.3 is 10.2 Å². The third kappa shape index (κ3) is 4.93. The second-order valence-corrected chi connectivity index (χ2v) is 5.87. The molecule has 0 heterocycles. The van der Waals surface area contributed by atoms with Gasteiger partial charge in [0.25, 0.3) is 0 Å². The zero-order valence-electron chi connectivity index (χ0n) is 12.5. The van der Waals surface area contributed by atoms with E-state index in [4.69, 9.17) is 27.9 Å². The Hall–Kier alpha value is -1.71. The topological polar surface area (TPSA) is 33.6 Å². The average molecular weight is 337 g/mol. The van der Waals surface area contributed by atoms with Gasteiger partial charge in [-0.1, -0.05) is 53.5 Å². The van der Waals surface area contributed by atoms with E-state index in [9.17, 15) is 0 Å². The second kappa shape index (κ2) is 8.06. The maximum Gasteiger partial charge on any atom is 0.156 e. The molecular formula is C17H18Cl2N2O. The summed E-state index contributed by atoms with van der Waals surface area (Å²) in [5, 5.41) is 5.13. The summed E-state index contributed by atoms with van der Waals surface area (Å²) in [5.74, 6) is 0.507. The molecule has 116 valence electrons. The fourth-order valence-electron chi connectivity index (χ4n) is 1.86. The lowest BCUT2D eigenvalue weighted by molar-refractivity contribution is 0.243. The van der Waals surface area contributed by atoms with Gasteiger partial charge in [-0.15, -0.1) is 0 Å². The van der Waals surface area contributed by atoms with Crippen molar-refractivity contribution in [3.8, 4) is 5.75 Å². The summed E-state index contributed by atoms with van der Waals surface area (Å²) in [4.78, 5) is 0. The molecule has 0 unspecified atom stereocenters. The summed E-state index contributed by atoms with van der Waals surface area (Å²) in [5.41, 5.74) is 4.96. The van der Waals surface area contributed by atoms with Gasteiger partial charge in [0.1, 0.15) is 0 Å². The van der Waals surface area contributed by atoms with E-state index in [1.807, 2.05) is 44.2 Å². The van der Waals surface area contributed by atoms with Crippen LogP contribution in [0.5, 0.6) is 5.75 Å². The van der Waals surface area contributed by atoms with Gasteiger partial charge in [0.2, 0.25) is 0 Å². The summed E-state index contributed by atoms with van der Waals surface area (Å²) < 4.78 is 5.59. The molecule has 0 aliphatic rings. The van der Waals surface area contributed by atoms with E-state index in [2.05, 4.69) is 10.5 Å². The monoisotopic (exact) mass is 336 g/mol. The highest BCUT2D eigenvalue weighted by Gasteiger charge is 2.10. The molecular weight excluding hydrogens is 319 g/mol. The molecule has 0 bridgehead atoms. The molecule has 0 amide bonds. The highest BCUT2D eigenvalue weighted by atomic mass is 35.5. The largest absolute Gasteiger partial charge is 0.488 e. The van der Waals surface area contributed by atoms with Crippen LogP contribution in [0, 0.1) is 0 Å². The fourth-order valence-corrected chi connectivity index (χ4v) is 2.45. The van der Waals surface area contributed by atoms with Crippen LogP contribution in [0.25, 0.3) is 0 Å². The Morgan fingerprint density at radius 2 is 1.77 bits per heavy atom. The normalized spacial score (nSPS) is 11.1. The number of benzene rings is 2. The molecule has 0 spiro atoms. The number of nitrogens with one attached hydrogen (secondary N) is 1. The van der Waals surface area contributed by atoms with Gasteiger partial charge in [-0.3, -0.25) is 0 Å². The lowest BCUT2D eigenvalue weighted by Crippen LogP contribution is -2.07. The predicted molar refractivity (Wildman–Crippen MR) is 93.1 cm³/mol. The van der Waals surface area contributed by atoms with Crippen LogP contribution in [-0.2, 0) is 6.54 Å². The molecule has 2 aromatic carbocycles. The van der Waals surface area contributed by atoms with Crippen LogP contribution >= 0.6 is 23.2 Å². The maximum atomic E-state index is 6.20. The number of hydrogen-bond donors (Lipinski definition) is 1. The molecule has 0 radical (unpaired) electrons. The number of hydrazone groups is 1. The minimum atomic E-state index is 0.0158. The summed E-state index contributed by atoms with van der Waals surface area (Å²) in [6, 6.07) is 13.6. The first-order valence-electron chi connectivity index (χ1n) is 7.02. The highest BCUT2D eigenvalue weighted by molar-refractivity contribution is 6.37. The van der Waals surface area contributed by atoms with E-state index in [1.165, 1.54) is 0 Å². The van der Waals surface area contributed by atoms with Crippen molar-refractivity contribution in [3.05, 3.63) is 63.6 Å². The Morgan fingerprint density at radius 1 is 1.14 bits per heavy atom. The van der Waals surface area contributed by atoms with Crippen molar-refractivity contribution in [2.45, 2.75) is 26.5 Å². The number of halogens is 2. The number of hydrogen-bond acceptors (Lipinski definition) is 3. The van der Waals surface area contributed by atoms with Crippen molar-refractivity contribution >= 4 is 29.4 Å². The standard InChI is InChI=1S/C17H18Cl2N2O/c1-12(2)22-17-15(18)8-14(9-16(17)19)11-21-20-10-13-6-4-3-5-7-13/h3-9,11-12,20H,10H2,1-2H3. The summed E-state index contributed by atoms with van der Waals surface area (Å²) in [6.45, 7) is 4.51. The van der Waals surface area contributed by atoms with Gasteiger partial charge in [-0.25, -0.2) is 0 Å². The van der Waals surface area contributed by atoms with Gasteiger partial charge in [0, 0.05) is 0 Å². The predicted octanol–water partition coefficient (Wildman–Crippen LogP) is 4.90. The maximum absolute atomic E-state index is 6.20. The van der Waals surface area contributed by atoms with Crippen molar-refractivity contribution < 1.29 is 4.74 Å². The minimum absolute atomic E-state index is 0.0158. The lowest BCUT2D eigenvalue weighted by atomic mass is 10.2. The van der Waals surface area contributed by atoms with E-state index in [0.717, 1.165) is 11.1 Å². The molecule has 0 aromatic heterocycles. The van der Waals surface area contributed by atoms with Crippen molar-refractivity contribution in [1.82, 2.24) is 5.43 Å². The Morgan fingerprint density at radius 3 is 2.36 bits per heavy atom. The van der Waals surface area contributed by atoms with Gasteiger partial charge in [0.15, 0.2) is 5.75 Å². The molecule has 22 heavy (non-hydrogen) atoms. The molecule has 2 aromatic rings. The summed E-state index contributed by atoms with van der Waals surface area (Å²) in [7, 11) is 0. The van der Waals surface area contributed by atoms with Crippen LogP contribution in [0.4, 0.5) is 0 Å². The first kappa shape index (κ1) is 16.7. The molecule has 0 atom stereocenters. The van der Waals surface area contributed by atoms with Crippen LogP contribution < -0.4 is 10.2 Å². The third-order valence-corrected chi connectivity index (χ3v) is 3.37. The molecule has 0 aliphatic heterocycles. The van der Waals surface area contributed by atoms with Crippen LogP contribution in [0.3, 0.4) is 0 Å². The summed E-state index contributed by atoms with van der Waals surface area (Å²) in [6.07, 6.45) is 1.70. The molecule has 0 aliphatic carbocycles. The average Bonchev–Trinajstić information content (AvgIpc) is 2.48. The first-order chi connectivity index (χ1) is 10.6. The number of ether oxygens (including phenoxy) is 1. The summed E-state index contributed by atoms with van der Waals surface area (Å²) >= 11 is 12.4. The quantitative estimate of drug-likeness (QED) is 0.601. The Balaban J connectivity index is 1.99. The van der Waals surface area contributed by atoms with Crippen molar-refractivity contribution in [3.63, 3.8) is 0 Å². The van der Waals surface area contributed by atoms with Crippen molar-refractivity contribution in [2.24, 2.45) is 5.10 Å². The highest BCUT2D eigenvalue weighted by Crippen LogP contribution is 2.34. The van der Waals surface area contributed by atoms with Crippen LogP contribution in [0.15, 0.2) is 47.6 Å². The number of nitrogens with zero attached hydrogens (tertiary/aromatic N) is 1. The zero-order chi connectivity index (χ0) is 15.9. The third-order valence-electron chi connectivity index (χ3n) is 2.81.